The minimum atomic E-state index is -4.63. The largest absolute Gasteiger partial charge is 0.417 e. The number of hydrogen-bond donors (Lipinski definition) is 3. The average Bonchev–Trinajstić information content (AvgIpc) is 3.22. The van der Waals surface area contributed by atoms with E-state index >= 15 is 0 Å². The number of hydrogen-bond acceptors (Lipinski definition) is 3. The summed E-state index contributed by atoms with van der Waals surface area (Å²) in [5, 5.41) is 5.80. The van der Waals surface area contributed by atoms with Crippen LogP contribution in [-0.2, 0) is 19.0 Å². The van der Waals surface area contributed by atoms with Gasteiger partial charge in [-0.1, -0.05) is 17.7 Å². The zero-order valence-corrected chi connectivity index (χ0v) is 21.0. The molecule has 3 aromatic rings. The van der Waals surface area contributed by atoms with Gasteiger partial charge in [0.05, 0.1) is 10.6 Å². The van der Waals surface area contributed by atoms with Gasteiger partial charge < -0.3 is 25.4 Å². The Morgan fingerprint density at radius 3 is 2.59 bits per heavy atom. The van der Waals surface area contributed by atoms with E-state index in [1.807, 2.05) is 30.1 Å². The Labute approximate surface area is 216 Å². The Balaban J connectivity index is 1.33. The van der Waals surface area contributed by atoms with E-state index in [-0.39, 0.29) is 17.6 Å². The van der Waals surface area contributed by atoms with Crippen LogP contribution in [0.2, 0.25) is 5.02 Å². The Morgan fingerprint density at radius 2 is 1.86 bits per heavy atom. The normalized spacial score (nSPS) is 18.5. The molecule has 0 spiro atoms. The van der Waals surface area contributed by atoms with Crippen molar-refractivity contribution in [2.45, 2.75) is 31.5 Å². The van der Waals surface area contributed by atoms with Gasteiger partial charge in [-0.2, -0.15) is 13.2 Å². The summed E-state index contributed by atoms with van der Waals surface area (Å²) in [7, 11) is 2.04. The molecule has 3 amide bonds. The van der Waals surface area contributed by atoms with Crippen LogP contribution in [0.25, 0.3) is 10.9 Å². The maximum atomic E-state index is 13.4. The first kappa shape index (κ1) is 25.4. The van der Waals surface area contributed by atoms with Gasteiger partial charge in [-0.05, 0) is 62.2 Å². The van der Waals surface area contributed by atoms with Crippen LogP contribution in [0.1, 0.15) is 33.6 Å². The number of nitrogens with zero attached hydrogens (tertiary/aromatic N) is 2. The number of amides is 3. The van der Waals surface area contributed by atoms with Crippen molar-refractivity contribution in [3.8, 4) is 0 Å². The summed E-state index contributed by atoms with van der Waals surface area (Å²) in [6.07, 6.45) is -2.79. The highest BCUT2D eigenvalue weighted by molar-refractivity contribution is 6.31. The number of aromatic amines is 1. The molecule has 3 N–H and O–H groups in total. The molecular formula is C26H27ClF3N5O2. The third-order valence-electron chi connectivity index (χ3n) is 7.10. The van der Waals surface area contributed by atoms with Gasteiger partial charge in [0, 0.05) is 60.1 Å². The molecule has 1 aliphatic heterocycles. The van der Waals surface area contributed by atoms with Crippen molar-refractivity contribution in [1.82, 2.24) is 20.1 Å². The molecule has 1 saturated heterocycles. The maximum absolute atomic E-state index is 13.4. The van der Waals surface area contributed by atoms with Crippen LogP contribution < -0.4 is 10.6 Å². The number of aromatic nitrogens is 1. The van der Waals surface area contributed by atoms with E-state index in [1.165, 1.54) is 6.07 Å². The van der Waals surface area contributed by atoms with E-state index in [2.05, 4.69) is 20.5 Å². The summed E-state index contributed by atoms with van der Waals surface area (Å²) in [5.74, 6) is -0.00321. The first-order valence-electron chi connectivity index (χ1n) is 12.1. The van der Waals surface area contributed by atoms with Crippen molar-refractivity contribution in [1.29, 1.82) is 0 Å². The van der Waals surface area contributed by atoms with Crippen molar-refractivity contribution in [2.75, 3.05) is 38.5 Å². The molecule has 196 valence electrons. The minimum absolute atomic E-state index is 0.00197. The average molecular weight is 534 g/mol. The lowest BCUT2D eigenvalue weighted by atomic mass is 9.90. The summed E-state index contributed by atoms with van der Waals surface area (Å²) in [6.45, 7) is 2.99. The highest BCUT2D eigenvalue weighted by Gasteiger charge is 2.34. The minimum Gasteiger partial charge on any atom is -0.358 e. The fourth-order valence-electron chi connectivity index (χ4n) is 5.13. The Kier molecular flexibility index (Phi) is 6.80. The first-order chi connectivity index (χ1) is 17.6. The molecular weight excluding hydrogens is 507 g/mol. The van der Waals surface area contributed by atoms with Crippen LogP contribution in [-0.4, -0.2) is 66.0 Å². The number of alkyl halides is 3. The zero-order chi connectivity index (χ0) is 26.3. The van der Waals surface area contributed by atoms with E-state index in [0.717, 1.165) is 47.4 Å². The second-order valence-electron chi connectivity index (χ2n) is 9.64. The molecule has 1 atom stereocenters. The number of likely N-dealkylation sites (N-methyl/N-ethyl adjacent to an activating group) is 1. The van der Waals surface area contributed by atoms with Crippen LogP contribution in [0.5, 0.6) is 0 Å². The fraction of sp³-hybridized carbons (Fsp3) is 0.385. The van der Waals surface area contributed by atoms with Gasteiger partial charge in [0.2, 0.25) is 0 Å². The lowest BCUT2D eigenvalue weighted by Crippen LogP contribution is -2.47. The number of anilines is 1. The van der Waals surface area contributed by atoms with Gasteiger partial charge in [0.15, 0.2) is 0 Å². The predicted octanol–water partition coefficient (Wildman–Crippen LogP) is 4.91. The maximum Gasteiger partial charge on any atom is 0.417 e. The molecule has 1 aliphatic carbocycles. The number of carbonyl (C=O) groups excluding carboxylic acids is 2. The molecule has 0 bridgehead atoms. The summed E-state index contributed by atoms with van der Waals surface area (Å²) in [6, 6.07) is 8.07. The highest BCUT2D eigenvalue weighted by Crippen LogP contribution is 2.36. The summed E-state index contributed by atoms with van der Waals surface area (Å²) in [4.78, 5) is 33.6. The van der Waals surface area contributed by atoms with E-state index in [4.69, 9.17) is 11.6 Å². The molecule has 2 aliphatic rings. The van der Waals surface area contributed by atoms with Crippen molar-refractivity contribution in [3.63, 3.8) is 0 Å². The Morgan fingerprint density at radius 1 is 1.11 bits per heavy atom. The molecule has 1 fully saturated rings. The number of aryl methyl sites for hydroxylation is 1. The number of urea groups is 1. The standard InChI is InChI=1S/C26H27ClF3N5O2/c1-34-9-11-35(12-10-34)24(36)17-3-2-4-22-23(17)18-13-15(6-8-21(18)33-22)31-25(37)32-16-5-7-20(27)19(14-16)26(28,29)30/h2-5,7,14-15,33H,6,8-13H2,1H3,(H2,31,32,37). The number of carbonyl (C=O) groups is 2. The molecule has 1 aromatic heterocycles. The van der Waals surface area contributed by atoms with Gasteiger partial charge in [-0.15, -0.1) is 0 Å². The third-order valence-corrected chi connectivity index (χ3v) is 7.42. The molecule has 0 radical (unpaired) electrons. The number of benzene rings is 2. The summed E-state index contributed by atoms with van der Waals surface area (Å²) in [5.41, 5.74) is 2.56. The molecule has 1 unspecified atom stereocenters. The first-order valence-corrected chi connectivity index (χ1v) is 12.5. The Bertz CT molecular complexity index is 1350. The van der Waals surface area contributed by atoms with Crippen molar-refractivity contribution in [2.24, 2.45) is 0 Å². The molecule has 11 heteroatoms. The molecule has 37 heavy (non-hydrogen) atoms. The lowest BCUT2D eigenvalue weighted by molar-refractivity contribution is -0.137. The lowest BCUT2D eigenvalue weighted by Gasteiger charge is -2.32. The number of rotatable bonds is 3. The Hall–Kier alpha value is -3.24. The topological polar surface area (TPSA) is 80.5 Å². The smallest absolute Gasteiger partial charge is 0.358 e. The van der Waals surface area contributed by atoms with Crippen LogP contribution in [0.15, 0.2) is 36.4 Å². The van der Waals surface area contributed by atoms with Gasteiger partial charge >= 0.3 is 12.2 Å². The molecule has 2 aromatic carbocycles. The quantitative estimate of drug-likeness (QED) is 0.448. The van der Waals surface area contributed by atoms with E-state index in [0.29, 0.717) is 37.9 Å². The SMILES string of the molecule is CN1CCN(C(=O)c2cccc3[nH]c4c(c23)CC(NC(=O)Nc2ccc(Cl)c(C(F)(F)F)c2)CC4)CC1. The molecule has 7 nitrogen and oxygen atoms in total. The van der Waals surface area contributed by atoms with Gasteiger partial charge in [0.1, 0.15) is 0 Å². The van der Waals surface area contributed by atoms with E-state index in [1.54, 1.807) is 0 Å². The number of fused-ring (bicyclic) bond motifs is 3. The number of H-pyrrole nitrogens is 1. The van der Waals surface area contributed by atoms with Crippen molar-refractivity contribution in [3.05, 3.63) is 63.8 Å². The monoisotopic (exact) mass is 533 g/mol. The van der Waals surface area contributed by atoms with Gasteiger partial charge in [0.25, 0.3) is 5.91 Å². The van der Waals surface area contributed by atoms with Gasteiger partial charge in [-0.3, -0.25) is 4.79 Å². The summed E-state index contributed by atoms with van der Waals surface area (Å²) < 4.78 is 39.5. The molecule has 2 heterocycles. The van der Waals surface area contributed by atoms with Crippen molar-refractivity contribution >= 4 is 40.1 Å². The summed E-state index contributed by atoms with van der Waals surface area (Å²) >= 11 is 5.67. The van der Waals surface area contributed by atoms with Crippen LogP contribution in [0, 0.1) is 0 Å². The molecule has 0 saturated carbocycles. The van der Waals surface area contributed by atoms with Crippen molar-refractivity contribution < 1.29 is 22.8 Å². The second kappa shape index (κ2) is 9.90. The number of nitrogens with one attached hydrogen (secondary N) is 3. The van der Waals surface area contributed by atoms with E-state index < -0.39 is 22.8 Å². The van der Waals surface area contributed by atoms with E-state index in [9.17, 15) is 22.8 Å². The fourth-order valence-corrected chi connectivity index (χ4v) is 5.36. The number of piperazine rings is 1. The predicted molar refractivity (Wildman–Crippen MR) is 136 cm³/mol. The zero-order valence-electron chi connectivity index (χ0n) is 20.2. The third kappa shape index (κ3) is 5.26. The molecule has 5 rings (SSSR count). The van der Waals surface area contributed by atoms with Crippen LogP contribution in [0.3, 0.4) is 0 Å². The van der Waals surface area contributed by atoms with Crippen LogP contribution in [0.4, 0.5) is 23.7 Å². The number of halogens is 4. The van der Waals surface area contributed by atoms with Crippen LogP contribution >= 0.6 is 11.6 Å². The highest BCUT2D eigenvalue weighted by atomic mass is 35.5. The second-order valence-corrected chi connectivity index (χ2v) is 10.0. The van der Waals surface area contributed by atoms with Gasteiger partial charge in [-0.25, -0.2) is 4.79 Å².